The van der Waals surface area contributed by atoms with E-state index in [9.17, 15) is 14.9 Å². The van der Waals surface area contributed by atoms with Crippen LogP contribution in [-0.2, 0) is 4.79 Å². The highest BCUT2D eigenvalue weighted by atomic mass is 32.2. The monoisotopic (exact) mass is 418 g/mol. The van der Waals surface area contributed by atoms with Crippen molar-refractivity contribution in [2.45, 2.75) is 17.3 Å². The van der Waals surface area contributed by atoms with Gasteiger partial charge in [0.2, 0.25) is 5.91 Å². The number of thioether (sulfide) groups is 1. The number of aryl methyl sites for hydroxylation is 1. The number of imidazole rings is 1. The Kier molecular flexibility index (Phi) is 5.49. The van der Waals surface area contributed by atoms with Gasteiger partial charge < -0.3 is 5.32 Å². The number of fused-ring (bicyclic) bond motifs is 1. The molecule has 0 aliphatic rings. The summed E-state index contributed by atoms with van der Waals surface area (Å²) in [5, 5.41) is 14.2. The van der Waals surface area contributed by atoms with Crippen LogP contribution in [0.3, 0.4) is 0 Å². The Bertz CT molecular complexity index is 1220. The minimum Gasteiger partial charge on any atom is -0.319 e. The van der Waals surface area contributed by atoms with Gasteiger partial charge in [-0.25, -0.2) is 4.98 Å². The van der Waals surface area contributed by atoms with Crippen molar-refractivity contribution >= 4 is 34.6 Å². The summed E-state index contributed by atoms with van der Waals surface area (Å²) in [6.07, 6.45) is 3.63. The molecule has 0 saturated heterocycles. The number of nitrogens with one attached hydrogen (secondary N) is 1. The number of hydrogen-bond donors (Lipinski definition) is 1. The van der Waals surface area contributed by atoms with Gasteiger partial charge in [0.15, 0.2) is 5.16 Å². The van der Waals surface area contributed by atoms with Crippen molar-refractivity contribution < 1.29 is 9.72 Å². The fraction of sp³-hybridized carbons (Fsp3) is 0.0909. The van der Waals surface area contributed by atoms with Crippen molar-refractivity contribution in [2.24, 2.45) is 0 Å². The van der Waals surface area contributed by atoms with Crippen LogP contribution in [0.15, 0.2) is 84.3 Å². The average molecular weight is 418 g/mol. The first-order valence-electron chi connectivity index (χ1n) is 9.22. The van der Waals surface area contributed by atoms with E-state index in [1.165, 1.54) is 17.8 Å². The zero-order valence-corrected chi connectivity index (χ0v) is 16.9. The van der Waals surface area contributed by atoms with Gasteiger partial charge in [0.25, 0.3) is 5.69 Å². The van der Waals surface area contributed by atoms with Crippen LogP contribution < -0.4 is 5.32 Å². The zero-order chi connectivity index (χ0) is 21.1. The van der Waals surface area contributed by atoms with Crippen LogP contribution in [0.25, 0.3) is 5.52 Å². The molecule has 1 amide bonds. The third-order valence-corrected chi connectivity index (χ3v) is 5.81. The number of carbonyl (C=O) groups excluding carboxylic acids is 1. The number of nitro benzene ring substituents is 1. The Morgan fingerprint density at radius 2 is 1.90 bits per heavy atom. The van der Waals surface area contributed by atoms with Gasteiger partial charge in [0.05, 0.1) is 16.6 Å². The normalized spacial score (nSPS) is 11.9. The van der Waals surface area contributed by atoms with Crippen LogP contribution in [0, 0.1) is 17.0 Å². The number of amides is 1. The topological polar surface area (TPSA) is 89.5 Å². The van der Waals surface area contributed by atoms with Gasteiger partial charge in [0.1, 0.15) is 10.9 Å². The van der Waals surface area contributed by atoms with Crippen LogP contribution in [0.2, 0.25) is 0 Å². The molecular weight excluding hydrogens is 400 g/mol. The van der Waals surface area contributed by atoms with Gasteiger partial charge in [-0.05, 0) is 36.2 Å². The Morgan fingerprint density at radius 3 is 2.67 bits per heavy atom. The van der Waals surface area contributed by atoms with E-state index in [0.29, 0.717) is 5.16 Å². The molecule has 1 N–H and O–H groups in total. The van der Waals surface area contributed by atoms with E-state index in [0.717, 1.165) is 16.6 Å². The molecule has 0 radical (unpaired) electrons. The number of carbonyl (C=O) groups is 1. The molecule has 0 saturated carbocycles. The number of rotatable bonds is 6. The summed E-state index contributed by atoms with van der Waals surface area (Å²) >= 11 is 1.29. The highest BCUT2D eigenvalue weighted by Crippen LogP contribution is 2.37. The van der Waals surface area contributed by atoms with Gasteiger partial charge in [0, 0.05) is 12.3 Å². The summed E-state index contributed by atoms with van der Waals surface area (Å²) in [7, 11) is 0. The molecule has 8 heteroatoms. The van der Waals surface area contributed by atoms with Crippen LogP contribution in [-0.4, -0.2) is 20.2 Å². The van der Waals surface area contributed by atoms with E-state index >= 15 is 0 Å². The maximum absolute atomic E-state index is 13.2. The van der Waals surface area contributed by atoms with Gasteiger partial charge in [-0.1, -0.05) is 54.2 Å². The maximum atomic E-state index is 13.2. The number of anilines is 1. The van der Waals surface area contributed by atoms with E-state index in [2.05, 4.69) is 10.3 Å². The molecule has 30 heavy (non-hydrogen) atoms. The van der Waals surface area contributed by atoms with E-state index in [4.69, 9.17) is 0 Å². The largest absolute Gasteiger partial charge is 0.319 e. The van der Waals surface area contributed by atoms with Crippen molar-refractivity contribution in [1.29, 1.82) is 0 Å². The Hall–Kier alpha value is -3.65. The van der Waals surface area contributed by atoms with Crippen molar-refractivity contribution in [2.75, 3.05) is 5.32 Å². The molecule has 150 valence electrons. The molecule has 4 aromatic rings. The van der Waals surface area contributed by atoms with Crippen LogP contribution in [0.5, 0.6) is 0 Å². The zero-order valence-electron chi connectivity index (χ0n) is 16.1. The molecule has 0 bridgehead atoms. The molecule has 1 unspecified atom stereocenters. The summed E-state index contributed by atoms with van der Waals surface area (Å²) in [6.45, 7) is 1.77. The number of benzene rings is 2. The van der Waals surface area contributed by atoms with E-state index in [1.54, 1.807) is 25.3 Å². The van der Waals surface area contributed by atoms with Gasteiger partial charge >= 0.3 is 0 Å². The third-order valence-electron chi connectivity index (χ3n) is 4.58. The number of nitro groups is 1. The quantitative estimate of drug-likeness (QED) is 0.270. The number of hydrogen-bond acceptors (Lipinski definition) is 5. The Morgan fingerprint density at radius 1 is 1.13 bits per heavy atom. The fourth-order valence-electron chi connectivity index (χ4n) is 3.11. The Balaban J connectivity index is 1.69. The van der Waals surface area contributed by atoms with E-state index in [1.807, 2.05) is 59.1 Å². The molecular formula is C22H18N4O3S. The summed E-state index contributed by atoms with van der Waals surface area (Å²) < 4.78 is 1.90. The summed E-state index contributed by atoms with van der Waals surface area (Å²) in [6, 6.07) is 19.8. The van der Waals surface area contributed by atoms with Crippen LogP contribution in [0.1, 0.15) is 16.4 Å². The molecule has 0 fully saturated rings. The van der Waals surface area contributed by atoms with Gasteiger partial charge in [-0.15, -0.1) is 0 Å². The Labute approximate surface area is 176 Å². The number of pyridine rings is 1. The average Bonchev–Trinajstić information content (AvgIpc) is 3.16. The van der Waals surface area contributed by atoms with Gasteiger partial charge in [-0.2, -0.15) is 0 Å². The second-order valence-corrected chi connectivity index (χ2v) is 7.78. The fourth-order valence-corrected chi connectivity index (χ4v) is 4.17. The van der Waals surface area contributed by atoms with Crippen molar-refractivity contribution in [3.8, 4) is 0 Å². The smallest absolute Gasteiger partial charge is 0.293 e. The minimum absolute atomic E-state index is 0.133. The summed E-state index contributed by atoms with van der Waals surface area (Å²) in [5.41, 5.74) is 2.48. The lowest BCUT2D eigenvalue weighted by atomic mass is 10.1. The summed E-state index contributed by atoms with van der Waals surface area (Å²) in [5.74, 6) is -0.356. The predicted molar refractivity (Wildman–Crippen MR) is 117 cm³/mol. The molecule has 0 aliphatic carbocycles. The molecule has 1 atom stereocenters. The second kappa shape index (κ2) is 8.38. The maximum Gasteiger partial charge on any atom is 0.293 e. The first kappa shape index (κ1) is 19.7. The first-order chi connectivity index (χ1) is 14.5. The number of nitrogens with zero attached hydrogens (tertiary/aromatic N) is 3. The van der Waals surface area contributed by atoms with E-state index in [-0.39, 0.29) is 17.3 Å². The SMILES string of the molecule is Cc1ccc(NC(=O)C(Sc2ncc3ccccn23)c2ccccc2)c([N+](=O)[O-])c1. The standard InChI is InChI=1S/C22H18N4O3S/c1-15-10-11-18(19(13-15)26(28)29)24-21(27)20(16-7-3-2-4-8-16)30-22-23-14-17-9-5-6-12-25(17)22/h2-14,20H,1H3,(H,24,27). The minimum atomic E-state index is -0.641. The molecule has 0 spiro atoms. The number of aromatic nitrogens is 2. The van der Waals surface area contributed by atoms with Crippen LogP contribution in [0.4, 0.5) is 11.4 Å². The van der Waals surface area contributed by atoms with Crippen LogP contribution >= 0.6 is 11.8 Å². The summed E-state index contributed by atoms with van der Waals surface area (Å²) in [4.78, 5) is 28.6. The highest BCUT2D eigenvalue weighted by Gasteiger charge is 2.26. The predicted octanol–water partition coefficient (Wildman–Crippen LogP) is 5.02. The lowest BCUT2D eigenvalue weighted by molar-refractivity contribution is -0.384. The first-order valence-corrected chi connectivity index (χ1v) is 10.1. The highest BCUT2D eigenvalue weighted by molar-refractivity contribution is 8.00. The molecule has 2 heterocycles. The third kappa shape index (κ3) is 4.04. The van der Waals surface area contributed by atoms with Crippen molar-refractivity contribution in [1.82, 2.24) is 9.38 Å². The molecule has 2 aromatic carbocycles. The molecule has 7 nitrogen and oxygen atoms in total. The molecule has 0 aliphatic heterocycles. The lowest BCUT2D eigenvalue weighted by Crippen LogP contribution is -2.20. The second-order valence-electron chi connectivity index (χ2n) is 6.71. The molecule has 4 rings (SSSR count). The van der Waals surface area contributed by atoms with Gasteiger partial charge in [-0.3, -0.25) is 19.3 Å². The van der Waals surface area contributed by atoms with Crippen molar-refractivity contribution in [3.05, 3.63) is 100 Å². The van der Waals surface area contributed by atoms with Crippen molar-refractivity contribution in [3.63, 3.8) is 0 Å². The lowest BCUT2D eigenvalue weighted by Gasteiger charge is -2.16. The molecule has 2 aromatic heterocycles. The van der Waals surface area contributed by atoms with E-state index < -0.39 is 10.2 Å².